The van der Waals surface area contributed by atoms with E-state index in [-0.39, 0.29) is 23.0 Å². The minimum Gasteiger partial charge on any atom is -0.493 e. The first kappa shape index (κ1) is 22.4. The quantitative estimate of drug-likeness (QED) is 0.679. The molecule has 0 unspecified atom stereocenters. The fourth-order valence-electron chi connectivity index (χ4n) is 4.39. The molecular weight excluding hydrogens is 400 g/mol. The third-order valence-electron chi connectivity index (χ3n) is 5.29. The molecule has 0 saturated carbocycles. The van der Waals surface area contributed by atoms with Crippen LogP contribution >= 0.6 is 11.6 Å². The lowest BCUT2D eigenvalue weighted by Crippen LogP contribution is -2.62. The molecule has 1 saturated heterocycles. The lowest BCUT2D eigenvalue weighted by Gasteiger charge is -2.46. The highest BCUT2D eigenvalue weighted by molar-refractivity contribution is 6.31. The highest BCUT2D eigenvalue weighted by Gasteiger charge is 2.38. The van der Waals surface area contributed by atoms with Gasteiger partial charge in [-0.25, -0.2) is 0 Å². The number of hydrogen-bond acceptors (Lipinski definition) is 4. The van der Waals surface area contributed by atoms with Crippen LogP contribution in [0.5, 0.6) is 11.5 Å². The molecule has 1 amide bonds. The first-order chi connectivity index (χ1) is 14.1. The Morgan fingerprint density at radius 1 is 1.10 bits per heavy atom. The largest absolute Gasteiger partial charge is 0.493 e. The van der Waals surface area contributed by atoms with E-state index in [4.69, 9.17) is 21.1 Å². The monoisotopic (exact) mass is 430 g/mol. The molecule has 6 heteroatoms. The van der Waals surface area contributed by atoms with E-state index in [0.717, 1.165) is 18.4 Å². The summed E-state index contributed by atoms with van der Waals surface area (Å²) in [5.74, 6) is 0.975. The van der Waals surface area contributed by atoms with Crippen molar-refractivity contribution in [1.82, 2.24) is 10.6 Å². The molecule has 5 nitrogen and oxygen atoms in total. The van der Waals surface area contributed by atoms with Crippen molar-refractivity contribution in [3.8, 4) is 11.5 Å². The number of rotatable bonds is 6. The zero-order valence-corrected chi connectivity index (χ0v) is 19.1. The minimum atomic E-state index is -0.107. The van der Waals surface area contributed by atoms with E-state index in [0.29, 0.717) is 28.7 Å². The fourth-order valence-corrected chi connectivity index (χ4v) is 4.58. The van der Waals surface area contributed by atoms with E-state index >= 15 is 0 Å². The number of hydrogen-bond donors (Lipinski definition) is 2. The number of nitrogens with one attached hydrogen (secondary N) is 2. The predicted molar refractivity (Wildman–Crippen MR) is 121 cm³/mol. The number of piperidine rings is 1. The molecule has 0 radical (unpaired) electrons. The lowest BCUT2D eigenvalue weighted by molar-refractivity contribution is 0.0872. The van der Waals surface area contributed by atoms with Crippen molar-refractivity contribution < 1.29 is 14.3 Å². The van der Waals surface area contributed by atoms with Crippen LogP contribution in [0.3, 0.4) is 0 Å². The van der Waals surface area contributed by atoms with Crippen molar-refractivity contribution >= 4 is 17.5 Å². The van der Waals surface area contributed by atoms with Gasteiger partial charge < -0.3 is 20.1 Å². The van der Waals surface area contributed by atoms with Crippen LogP contribution in [-0.2, 0) is 6.61 Å². The first-order valence-corrected chi connectivity index (χ1v) is 10.6. The molecule has 0 aromatic heterocycles. The van der Waals surface area contributed by atoms with Crippen molar-refractivity contribution in [2.24, 2.45) is 0 Å². The van der Waals surface area contributed by atoms with Gasteiger partial charge in [0.25, 0.3) is 5.91 Å². The van der Waals surface area contributed by atoms with Gasteiger partial charge in [0.05, 0.1) is 7.11 Å². The average Bonchev–Trinajstić information content (AvgIpc) is 2.64. The second-order valence-corrected chi connectivity index (χ2v) is 9.62. The number of carbonyl (C=O) groups excluding carboxylic acids is 1. The van der Waals surface area contributed by atoms with E-state index in [1.807, 2.05) is 24.3 Å². The molecule has 2 aromatic carbocycles. The van der Waals surface area contributed by atoms with E-state index in [1.165, 1.54) is 0 Å². The van der Waals surface area contributed by atoms with Crippen LogP contribution in [0.2, 0.25) is 5.02 Å². The lowest BCUT2D eigenvalue weighted by atomic mass is 9.79. The van der Waals surface area contributed by atoms with Crippen LogP contribution in [0.1, 0.15) is 56.5 Å². The molecule has 0 bridgehead atoms. The molecule has 2 N–H and O–H groups in total. The molecule has 1 aliphatic heterocycles. The Morgan fingerprint density at radius 2 is 1.77 bits per heavy atom. The third-order valence-corrected chi connectivity index (χ3v) is 5.66. The molecule has 0 spiro atoms. The Bertz CT molecular complexity index is 895. The van der Waals surface area contributed by atoms with Gasteiger partial charge in [-0.1, -0.05) is 29.8 Å². The van der Waals surface area contributed by atoms with E-state index in [1.54, 1.807) is 25.3 Å². The van der Waals surface area contributed by atoms with Crippen LogP contribution in [-0.4, -0.2) is 30.1 Å². The molecule has 3 rings (SSSR count). The number of amides is 1. The summed E-state index contributed by atoms with van der Waals surface area (Å²) in [7, 11) is 1.57. The zero-order valence-electron chi connectivity index (χ0n) is 18.3. The highest BCUT2D eigenvalue weighted by atomic mass is 35.5. The second-order valence-electron chi connectivity index (χ2n) is 9.22. The summed E-state index contributed by atoms with van der Waals surface area (Å²) in [6, 6.07) is 12.9. The van der Waals surface area contributed by atoms with Crippen LogP contribution in [0.4, 0.5) is 0 Å². The Labute approximate surface area is 184 Å². The zero-order chi connectivity index (χ0) is 21.9. The number of carbonyl (C=O) groups is 1. The van der Waals surface area contributed by atoms with Crippen LogP contribution in [0.25, 0.3) is 0 Å². The summed E-state index contributed by atoms with van der Waals surface area (Å²) in [4.78, 5) is 12.9. The number of methoxy groups -OCH3 is 1. The molecule has 1 aliphatic rings. The number of halogens is 1. The van der Waals surface area contributed by atoms with Crippen molar-refractivity contribution in [2.75, 3.05) is 7.11 Å². The summed E-state index contributed by atoms with van der Waals surface area (Å²) < 4.78 is 11.3. The Balaban J connectivity index is 1.69. The molecule has 1 heterocycles. The van der Waals surface area contributed by atoms with Crippen molar-refractivity contribution in [3.63, 3.8) is 0 Å². The Kier molecular flexibility index (Phi) is 6.63. The van der Waals surface area contributed by atoms with Crippen molar-refractivity contribution in [3.05, 3.63) is 58.6 Å². The van der Waals surface area contributed by atoms with Gasteiger partial charge in [-0.15, -0.1) is 0 Å². The summed E-state index contributed by atoms with van der Waals surface area (Å²) in [6.07, 6.45) is 1.75. The SMILES string of the molecule is COc1cc(C(=O)NC2CC(C)(C)NC(C)(C)C2)ccc1OCc1ccccc1Cl. The normalized spacial score (nSPS) is 17.9. The highest BCUT2D eigenvalue weighted by Crippen LogP contribution is 2.31. The van der Waals surface area contributed by atoms with Gasteiger partial charge >= 0.3 is 0 Å². The molecular formula is C24H31ClN2O3. The van der Waals surface area contributed by atoms with Gasteiger partial charge in [0.1, 0.15) is 6.61 Å². The summed E-state index contributed by atoms with van der Waals surface area (Å²) in [5, 5.41) is 7.48. The van der Waals surface area contributed by atoms with Crippen molar-refractivity contribution in [1.29, 1.82) is 0 Å². The summed E-state index contributed by atoms with van der Waals surface area (Å²) in [6.45, 7) is 8.99. The third kappa shape index (κ3) is 5.67. The minimum absolute atomic E-state index is 0.0339. The number of benzene rings is 2. The van der Waals surface area contributed by atoms with Crippen LogP contribution < -0.4 is 20.1 Å². The standard InChI is InChI=1S/C24H31ClN2O3/c1-23(2)13-18(14-24(3,4)27-23)26-22(28)16-10-11-20(21(12-16)29-5)30-15-17-8-6-7-9-19(17)25/h6-12,18,27H,13-15H2,1-5H3,(H,26,28). The van der Waals surface area contributed by atoms with Crippen LogP contribution in [0, 0.1) is 0 Å². The van der Waals surface area contributed by atoms with E-state index in [2.05, 4.69) is 38.3 Å². The number of ether oxygens (including phenoxy) is 2. The summed E-state index contributed by atoms with van der Waals surface area (Å²) in [5.41, 5.74) is 1.37. The van der Waals surface area contributed by atoms with Gasteiger partial charge in [0.15, 0.2) is 11.5 Å². The maximum Gasteiger partial charge on any atom is 0.251 e. The van der Waals surface area contributed by atoms with Crippen molar-refractivity contribution in [2.45, 2.75) is 64.3 Å². The maximum absolute atomic E-state index is 12.9. The first-order valence-electron chi connectivity index (χ1n) is 10.2. The molecule has 162 valence electrons. The van der Waals surface area contributed by atoms with E-state index in [9.17, 15) is 4.79 Å². The van der Waals surface area contributed by atoms with Crippen LogP contribution in [0.15, 0.2) is 42.5 Å². The van der Waals surface area contributed by atoms with E-state index < -0.39 is 0 Å². The topological polar surface area (TPSA) is 59.6 Å². The Hall–Kier alpha value is -2.24. The van der Waals surface area contributed by atoms with Gasteiger partial charge in [-0.05, 0) is 64.8 Å². The summed E-state index contributed by atoms with van der Waals surface area (Å²) >= 11 is 6.19. The average molecular weight is 431 g/mol. The maximum atomic E-state index is 12.9. The molecule has 1 fully saturated rings. The molecule has 2 aromatic rings. The predicted octanol–water partition coefficient (Wildman–Crippen LogP) is 4.97. The molecule has 0 atom stereocenters. The van der Waals surface area contributed by atoms with Gasteiger partial charge in [-0.3, -0.25) is 4.79 Å². The van der Waals surface area contributed by atoms with Gasteiger partial charge in [0, 0.05) is 33.3 Å². The fraction of sp³-hybridized carbons (Fsp3) is 0.458. The van der Waals surface area contributed by atoms with Gasteiger partial charge in [0.2, 0.25) is 0 Å². The van der Waals surface area contributed by atoms with Gasteiger partial charge in [-0.2, -0.15) is 0 Å². The molecule has 0 aliphatic carbocycles. The molecule has 30 heavy (non-hydrogen) atoms. The smallest absolute Gasteiger partial charge is 0.251 e. The Morgan fingerprint density at radius 3 is 2.40 bits per heavy atom. The second kappa shape index (κ2) is 8.86.